The molecule has 2 aromatic heterocycles. The molecular weight excluding hydrogens is 224 g/mol. The predicted octanol–water partition coefficient (Wildman–Crippen LogP) is -1.18. The number of aryl methyl sites for hydroxylation is 1. The summed E-state index contributed by atoms with van der Waals surface area (Å²) in [6.07, 6.45) is 0. The average molecular weight is 236 g/mol. The molecule has 0 spiro atoms. The summed E-state index contributed by atoms with van der Waals surface area (Å²) in [6.45, 7) is 1.54. The van der Waals surface area contributed by atoms with Crippen LogP contribution >= 0.6 is 0 Å². The molecule has 90 valence electrons. The van der Waals surface area contributed by atoms with E-state index in [0.29, 0.717) is 5.56 Å². The summed E-state index contributed by atoms with van der Waals surface area (Å²) >= 11 is 0. The standard InChI is InChI=1S/C10H12N4O3/c1-4-6(11)5-7(13(2)8(4)15)12-10(17)14(3)9(5)16/h11H2,1-3H3,(H,12,17). The number of rotatable bonds is 0. The van der Waals surface area contributed by atoms with Crippen LogP contribution in [-0.4, -0.2) is 14.1 Å². The quantitative estimate of drug-likeness (QED) is 0.600. The Bertz CT molecular complexity index is 794. The largest absolute Gasteiger partial charge is 0.398 e. The van der Waals surface area contributed by atoms with Crippen LogP contribution < -0.4 is 22.5 Å². The van der Waals surface area contributed by atoms with E-state index in [2.05, 4.69) is 4.98 Å². The summed E-state index contributed by atoms with van der Waals surface area (Å²) in [6, 6.07) is 0. The maximum absolute atomic E-state index is 11.9. The molecule has 0 radical (unpaired) electrons. The zero-order valence-electron chi connectivity index (χ0n) is 9.70. The van der Waals surface area contributed by atoms with Gasteiger partial charge in [-0.2, -0.15) is 0 Å². The van der Waals surface area contributed by atoms with Crippen molar-refractivity contribution in [3.8, 4) is 0 Å². The van der Waals surface area contributed by atoms with E-state index < -0.39 is 11.2 Å². The number of H-pyrrole nitrogens is 1. The molecule has 0 saturated heterocycles. The minimum Gasteiger partial charge on any atom is -0.398 e. The Morgan fingerprint density at radius 3 is 2.24 bits per heavy atom. The maximum atomic E-state index is 11.9. The number of pyridine rings is 1. The summed E-state index contributed by atoms with van der Waals surface area (Å²) in [4.78, 5) is 37.6. The molecule has 0 bridgehead atoms. The summed E-state index contributed by atoms with van der Waals surface area (Å²) < 4.78 is 2.13. The number of hydrogen-bond acceptors (Lipinski definition) is 4. The summed E-state index contributed by atoms with van der Waals surface area (Å²) in [7, 11) is 2.83. The van der Waals surface area contributed by atoms with Gasteiger partial charge in [-0.15, -0.1) is 0 Å². The number of aromatic amines is 1. The lowest BCUT2D eigenvalue weighted by Gasteiger charge is -2.10. The van der Waals surface area contributed by atoms with Gasteiger partial charge in [-0.25, -0.2) is 4.79 Å². The van der Waals surface area contributed by atoms with Gasteiger partial charge in [0.2, 0.25) is 0 Å². The van der Waals surface area contributed by atoms with Crippen molar-refractivity contribution in [3.63, 3.8) is 0 Å². The second kappa shape index (κ2) is 3.34. The average Bonchev–Trinajstić information content (AvgIpc) is 2.30. The fraction of sp³-hybridized carbons (Fsp3) is 0.300. The van der Waals surface area contributed by atoms with Crippen molar-refractivity contribution in [3.05, 3.63) is 36.8 Å². The molecule has 2 rings (SSSR count). The van der Waals surface area contributed by atoms with Gasteiger partial charge in [0.25, 0.3) is 11.1 Å². The highest BCUT2D eigenvalue weighted by molar-refractivity contribution is 5.88. The highest BCUT2D eigenvalue weighted by Gasteiger charge is 2.14. The lowest BCUT2D eigenvalue weighted by molar-refractivity contribution is 0.773. The van der Waals surface area contributed by atoms with Crippen molar-refractivity contribution in [1.29, 1.82) is 0 Å². The molecule has 2 heterocycles. The van der Waals surface area contributed by atoms with Gasteiger partial charge >= 0.3 is 5.69 Å². The van der Waals surface area contributed by atoms with Crippen LogP contribution in [0.5, 0.6) is 0 Å². The second-order valence-corrected chi connectivity index (χ2v) is 3.92. The van der Waals surface area contributed by atoms with Crippen molar-refractivity contribution < 1.29 is 0 Å². The van der Waals surface area contributed by atoms with Crippen molar-refractivity contribution in [1.82, 2.24) is 14.1 Å². The maximum Gasteiger partial charge on any atom is 0.329 e. The fourth-order valence-corrected chi connectivity index (χ4v) is 1.76. The van der Waals surface area contributed by atoms with Crippen LogP contribution in [0.4, 0.5) is 5.69 Å². The third-order valence-electron chi connectivity index (χ3n) is 2.92. The Kier molecular flexibility index (Phi) is 2.20. The van der Waals surface area contributed by atoms with Crippen LogP contribution in [0.2, 0.25) is 0 Å². The first-order valence-electron chi connectivity index (χ1n) is 4.94. The normalized spacial score (nSPS) is 11.0. The molecule has 0 aliphatic heterocycles. The SMILES string of the molecule is Cc1c(N)c2c(=O)n(C)c(=O)[nH]c2n(C)c1=O. The van der Waals surface area contributed by atoms with Gasteiger partial charge in [-0.3, -0.25) is 23.7 Å². The number of hydrogen-bond donors (Lipinski definition) is 2. The first kappa shape index (κ1) is 11.2. The number of anilines is 1. The molecule has 0 amide bonds. The van der Waals surface area contributed by atoms with Gasteiger partial charge in [-0.1, -0.05) is 0 Å². The molecule has 0 aliphatic carbocycles. The van der Waals surface area contributed by atoms with E-state index >= 15 is 0 Å². The first-order valence-corrected chi connectivity index (χ1v) is 4.94. The molecule has 0 atom stereocenters. The minimum atomic E-state index is -0.583. The highest BCUT2D eigenvalue weighted by atomic mass is 16.2. The van der Waals surface area contributed by atoms with Crippen molar-refractivity contribution in [2.24, 2.45) is 14.1 Å². The smallest absolute Gasteiger partial charge is 0.329 e. The zero-order chi connectivity index (χ0) is 12.9. The summed E-state index contributed by atoms with van der Waals surface area (Å²) in [5.41, 5.74) is 4.88. The molecule has 17 heavy (non-hydrogen) atoms. The summed E-state index contributed by atoms with van der Waals surface area (Å²) in [5, 5.41) is 0.159. The van der Waals surface area contributed by atoms with Crippen LogP contribution in [0.3, 0.4) is 0 Å². The van der Waals surface area contributed by atoms with Crippen molar-refractivity contribution in [2.45, 2.75) is 6.92 Å². The molecule has 0 aliphatic rings. The van der Waals surface area contributed by atoms with Crippen LogP contribution in [0.15, 0.2) is 14.4 Å². The first-order chi connectivity index (χ1) is 7.86. The topological polar surface area (TPSA) is 103 Å². The van der Waals surface area contributed by atoms with Crippen molar-refractivity contribution in [2.75, 3.05) is 5.73 Å². The molecule has 0 unspecified atom stereocenters. The van der Waals surface area contributed by atoms with E-state index in [9.17, 15) is 14.4 Å². The molecule has 7 heteroatoms. The number of nitrogens with two attached hydrogens (primary N) is 1. The van der Waals surface area contributed by atoms with Gasteiger partial charge in [0.15, 0.2) is 0 Å². The van der Waals surface area contributed by atoms with Gasteiger partial charge in [0.05, 0.1) is 5.69 Å². The molecule has 7 nitrogen and oxygen atoms in total. The van der Waals surface area contributed by atoms with E-state index in [1.807, 2.05) is 0 Å². The fourth-order valence-electron chi connectivity index (χ4n) is 1.76. The van der Waals surface area contributed by atoms with Gasteiger partial charge < -0.3 is 5.73 Å². The highest BCUT2D eigenvalue weighted by Crippen LogP contribution is 2.14. The molecule has 3 N–H and O–H groups in total. The van der Waals surface area contributed by atoms with Crippen LogP contribution in [0.25, 0.3) is 11.0 Å². The number of fused-ring (bicyclic) bond motifs is 1. The van der Waals surface area contributed by atoms with Crippen LogP contribution in [0, 0.1) is 6.92 Å². The monoisotopic (exact) mass is 236 g/mol. The molecule has 0 saturated carbocycles. The Balaban J connectivity index is 3.31. The van der Waals surface area contributed by atoms with E-state index in [0.717, 1.165) is 4.57 Å². The van der Waals surface area contributed by atoms with Crippen LogP contribution in [0.1, 0.15) is 5.56 Å². The van der Waals surface area contributed by atoms with Gasteiger partial charge in [-0.05, 0) is 6.92 Å². The Morgan fingerprint density at radius 1 is 1.06 bits per heavy atom. The molecule has 0 aromatic carbocycles. The Labute approximate surface area is 95.1 Å². The molecular formula is C10H12N4O3. The van der Waals surface area contributed by atoms with Gasteiger partial charge in [0, 0.05) is 19.7 Å². The number of nitrogens with zero attached hydrogens (tertiary/aromatic N) is 2. The van der Waals surface area contributed by atoms with E-state index in [1.54, 1.807) is 6.92 Å². The number of nitrogen functional groups attached to an aromatic ring is 1. The van der Waals surface area contributed by atoms with E-state index in [-0.39, 0.29) is 22.3 Å². The lowest BCUT2D eigenvalue weighted by Crippen LogP contribution is -2.36. The number of nitrogens with one attached hydrogen (secondary N) is 1. The van der Waals surface area contributed by atoms with E-state index in [4.69, 9.17) is 5.73 Å². The van der Waals surface area contributed by atoms with Gasteiger partial charge in [0.1, 0.15) is 11.0 Å². The molecule has 0 fully saturated rings. The Hall–Kier alpha value is -2.31. The van der Waals surface area contributed by atoms with Crippen LogP contribution in [-0.2, 0) is 14.1 Å². The lowest BCUT2D eigenvalue weighted by atomic mass is 10.2. The predicted molar refractivity (Wildman–Crippen MR) is 64.2 cm³/mol. The van der Waals surface area contributed by atoms with E-state index in [1.165, 1.54) is 18.7 Å². The third kappa shape index (κ3) is 1.32. The Morgan fingerprint density at radius 2 is 1.65 bits per heavy atom. The number of aromatic nitrogens is 3. The molecule has 2 aromatic rings. The minimum absolute atomic E-state index is 0.111. The third-order valence-corrected chi connectivity index (χ3v) is 2.92. The van der Waals surface area contributed by atoms with Crippen molar-refractivity contribution >= 4 is 16.7 Å². The zero-order valence-corrected chi connectivity index (χ0v) is 9.70. The summed E-state index contributed by atoms with van der Waals surface area (Å²) in [5.74, 6) is 0. The second-order valence-electron chi connectivity index (χ2n) is 3.92.